The van der Waals surface area contributed by atoms with Crippen molar-refractivity contribution in [2.45, 2.75) is 170 Å². The van der Waals surface area contributed by atoms with Gasteiger partial charge in [-0.05, 0) is 115 Å². The van der Waals surface area contributed by atoms with Gasteiger partial charge in [0.1, 0.15) is 89.5 Å². The standard InChI is InChI=1S/C69H80Cl2N8O23/c1-7-28(14-26(2)3)62(91)78-53-55(86)30-9-12-43(37(70)16-30)98-45-18-32-19-46(59(45)102-68-60(58(89)57(88)47(25-80)100-68)101-49-24-69(5,73)61(90)27(4)97-49)99-44-13-10-31(17-38(44)71)56(87)54-67(96)77-52(65(94)74-6)36-20-33(81)21-41(83)50(36)35-15-29(8-11-40(35)82)34(63(92)79-54)22-42(84)51(32)76-64(93)39(23-48(72)85)75-66(53)95/h8-13,15-21,26-28,34,39,47,49,51-58,60-61,68,80-83,86-90H,7,14,22-25,73H2,1-6H3,(H2,72,85)(H,74,94)(H,75,95)(H,76,93)(H,77,96)(H,78,91)(H,79,92). The molecule has 0 saturated carbocycles. The summed E-state index contributed by atoms with van der Waals surface area (Å²) >= 11 is 14.2. The molecule has 11 bridgehead atoms. The highest BCUT2D eigenvalue weighted by molar-refractivity contribution is 6.32. The van der Waals surface area contributed by atoms with Gasteiger partial charge in [0.2, 0.25) is 53.4 Å². The third kappa shape index (κ3) is 16.0. The van der Waals surface area contributed by atoms with Gasteiger partial charge in [-0.25, -0.2) is 0 Å². The highest BCUT2D eigenvalue weighted by atomic mass is 35.5. The Kier molecular flexibility index (Phi) is 23.0. The number of rotatable bonds is 13. The summed E-state index contributed by atoms with van der Waals surface area (Å²) in [7, 11) is 1.20. The Labute approximate surface area is 593 Å². The third-order valence-corrected chi connectivity index (χ3v) is 19.2. The van der Waals surface area contributed by atoms with E-state index >= 15 is 19.2 Å². The van der Waals surface area contributed by atoms with Gasteiger partial charge in [0.05, 0.1) is 41.2 Å². The van der Waals surface area contributed by atoms with Crippen LogP contribution in [-0.4, -0.2) is 180 Å². The summed E-state index contributed by atoms with van der Waals surface area (Å²) in [4.78, 5) is 118. The van der Waals surface area contributed by atoms with Crippen molar-refractivity contribution in [3.63, 3.8) is 0 Å². The zero-order chi connectivity index (χ0) is 74.2. The molecule has 7 aliphatic rings. The van der Waals surface area contributed by atoms with Gasteiger partial charge < -0.3 is 118 Å². The van der Waals surface area contributed by atoms with Crippen molar-refractivity contribution in [3.8, 4) is 57.1 Å². The number of ketones is 1. The Bertz CT molecular complexity index is 4090. The summed E-state index contributed by atoms with van der Waals surface area (Å²) in [6.45, 7) is 7.54. The summed E-state index contributed by atoms with van der Waals surface area (Å²) in [6, 6.07) is 4.26. The van der Waals surface area contributed by atoms with E-state index in [0.29, 0.717) is 6.42 Å². The summed E-state index contributed by atoms with van der Waals surface area (Å²) < 4.78 is 38.5. The smallest absolute Gasteiger partial charge is 0.247 e. The van der Waals surface area contributed by atoms with Crippen LogP contribution in [0.3, 0.4) is 0 Å². The quantitative estimate of drug-likeness (QED) is 0.0802. The zero-order valence-corrected chi connectivity index (χ0v) is 57.3. The molecule has 7 aliphatic heterocycles. The minimum atomic E-state index is -2.21. The van der Waals surface area contributed by atoms with Gasteiger partial charge in [-0.2, -0.15) is 0 Å². The number of benzene rings is 5. The minimum absolute atomic E-state index is 0.0245. The van der Waals surface area contributed by atoms with Gasteiger partial charge in [0.15, 0.2) is 29.7 Å². The van der Waals surface area contributed by atoms with Crippen LogP contribution in [0.25, 0.3) is 11.1 Å². The first-order chi connectivity index (χ1) is 48.2. The second-order valence-electron chi connectivity index (χ2n) is 26.5. The van der Waals surface area contributed by atoms with Crippen LogP contribution in [0.15, 0.2) is 78.9 Å². The van der Waals surface area contributed by atoms with Crippen molar-refractivity contribution in [1.29, 1.82) is 0 Å². The van der Waals surface area contributed by atoms with Crippen LogP contribution in [0.2, 0.25) is 10.0 Å². The molecule has 7 heterocycles. The molecule has 0 spiro atoms. The number of carbonyl (C=O) groups is 8. The highest BCUT2D eigenvalue weighted by Crippen LogP contribution is 2.50. The molecule has 33 heteroatoms. The Hall–Kier alpha value is -8.96. The van der Waals surface area contributed by atoms with Crippen LogP contribution in [0.4, 0.5) is 0 Å². The van der Waals surface area contributed by atoms with E-state index in [1.54, 1.807) is 6.92 Å². The van der Waals surface area contributed by atoms with Crippen LogP contribution in [0, 0.1) is 11.8 Å². The Morgan fingerprint density at radius 3 is 1.97 bits per heavy atom. The monoisotopic (exact) mass is 1460 g/mol. The van der Waals surface area contributed by atoms with Crippen LogP contribution in [0.5, 0.6) is 46.0 Å². The van der Waals surface area contributed by atoms with E-state index in [4.69, 9.17) is 63.1 Å². The fraction of sp³-hybridized carbons (Fsp3) is 0.449. The molecular weight excluding hydrogens is 1380 g/mol. The first-order valence-corrected chi connectivity index (χ1v) is 33.5. The lowest BCUT2D eigenvalue weighted by atomic mass is 9.85. The number of primary amides is 1. The first-order valence-electron chi connectivity index (χ1n) is 32.7. The number of aromatic hydroxyl groups is 3. The average molecular weight is 1460 g/mol. The number of nitrogens with two attached hydrogens (primary N) is 2. The molecule has 102 heavy (non-hydrogen) atoms. The van der Waals surface area contributed by atoms with Crippen molar-refractivity contribution in [3.05, 3.63) is 117 Å². The number of aliphatic hydroxyl groups is 6. The van der Waals surface area contributed by atoms with E-state index in [-0.39, 0.29) is 74.2 Å². The maximum absolute atomic E-state index is 16.2. The van der Waals surface area contributed by atoms with Gasteiger partial charge >= 0.3 is 0 Å². The molecule has 0 aromatic heterocycles. The van der Waals surface area contributed by atoms with Crippen molar-refractivity contribution in [2.75, 3.05) is 13.7 Å². The van der Waals surface area contributed by atoms with Crippen LogP contribution >= 0.6 is 23.2 Å². The first kappa shape index (κ1) is 75.7. The van der Waals surface area contributed by atoms with Gasteiger partial charge in [0, 0.05) is 48.5 Å². The maximum atomic E-state index is 16.2. The van der Waals surface area contributed by atoms with Crippen LogP contribution in [-0.2, 0) is 52.6 Å². The van der Waals surface area contributed by atoms with Gasteiger partial charge in [-0.1, -0.05) is 62.2 Å². The molecule has 7 amide bonds. The number of phenols is 3. The lowest BCUT2D eigenvalue weighted by Gasteiger charge is -2.47. The summed E-state index contributed by atoms with van der Waals surface area (Å²) in [6.07, 6.45) is -18.9. The number of aliphatic hydroxyl groups excluding tert-OH is 6. The molecule has 0 aliphatic carbocycles. The fourth-order valence-corrected chi connectivity index (χ4v) is 13.6. The average Bonchev–Trinajstić information content (AvgIpc) is 0.770. The van der Waals surface area contributed by atoms with Crippen molar-refractivity contribution in [2.24, 2.45) is 23.3 Å². The third-order valence-electron chi connectivity index (χ3n) is 18.6. The Morgan fingerprint density at radius 1 is 0.745 bits per heavy atom. The second kappa shape index (κ2) is 30.9. The molecule has 5 aromatic carbocycles. The lowest BCUT2D eigenvalue weighted by molar-refractivity contribution is -0.333. The van der Waals surface area contributed by atoms with E-state index < -0.39 is 215 Å². The molecule has 548 valence electrons. The van der Waals surface area contributed by atoms with Gasteiger partial charge in [-0.3, -0.25) is 38.4 Å². The van der Waals surface area contributed by atoms with Crippen LogP contribution < -0.4 is 57.6 Å². The topological polar surface area (TPSA) is 498 Å². The number of Topliss-reactive ketones (excluding diaryl/α,β-unsaturated/α-hetero) is 1. The molecule has 18 unspecified atom stereocenters. The number of halogens is 2. The summed E-state index contributed by atoms with van der Waals surface area (Å²) in [5.74, 6) is -16.2. The molecule has 19 N–H and O–H groups in total. The maximum Gasteiger partial charge on any atom is 0.247 e. The largest absolute Gasteiger partial charge is 0.508 e. The molecule has 31 nitrogen and oxygen atoms in total. The molecule has 12 rings (SSSR count). The molecule has 0 radical (unpaired) electrons. The second-order valence-corrected chi connectivity index (χ2v) is 27.4. The molecule has 5 aromatic rings. The number of phenolic OH excluding ortho intramolecular Hbond substituents is 3. The number of nitrogens with one attached hydrogen (secondary N) is 6. The van der Waals surface area contributed by atoms with Crippen molar-refractivity contribution in [1.82, 2.24) is 31.9 Å². The van der Waals surface area contributed by atoms with Crippen molar-refractivity contribution < 1.29 is 113 Å². The molecule has 2 saturated heterocycles. The molecular formula is C69H80Cl2N8O23. The highest BCUT2D eigenvalue weighted by Gasteiger charge is 2.51. The van der Waals surface area contributed by atoms with Crippen LogP contribution in [0.1, 0.15) is 125 Å². The molecule has 18 atom stereocenters. The number of carbonyl (C=O) groups excluding carboxylic acids is 8. The minimum Gasteiger partial charge on any atom is -0.508 e. The Morgan fingerprint density at radius 2 is 1.38 bits per heavy atom. The number of amides is 7. The normalized spacial score (nSPS) is 29.3. The van der Waals surface area contributed by atoms with Crippen molar-refractivity contribution >= 4 is 70.3 Å². The summed E-state index contributed by atoms with van der Waals surface area (Å²) in [5.41, 5.74) is 8.96. The summed E-state index contributed by atoms with van der Waals surface area (Å²) in [5, 5.41) is 118. The van der Waals surface area contributed by atoms with E-state index in [1.807, 2.05) is 13.8 Å². The SMILES string of the molecule is CCC(CC(C)C)C(=O)NC1C(=O)NC(CC(N)=O)C(=O)NC2C(=O)CC3C(=O)NC(C(=O)NC(C(=O)NC)c4cc(O)cc(O)c4-c4cc3ccc4O)C(O)c3ccc(c(Cl)c3)Oc3cc2cc(c3OC2OC(CO)C(O)C(O)C2OC2CC(C)(N)C(O)C(C)O2)Oc2ccc(cc2Cl)C1O. The number of fused-ring (bicyclic) bond motifs is 15. The number of hydrogen-bond donors (Lipinski definition) is 17. The van der Waals surface area contributed by atoms with E-state index in [2.05, 4.69) is 31.9 Å². The zero-order valence-electron chi connectivity index (χ0n) is 55.8. The number of likely N-dealkylation sites (N-methyl/N-ethyl adjacent to an activating group) is 1. The van der Waals surface area contributed by atoms with E-state index in [0.717, 1.165) is 42.5 Å². The Balaban J connectivity index is 1.24. The number of hydrogen-bond acceptors (Lipinski definition) is 24. The van der Waals surface area contributed by atoms with E-state index in [1.165, 1.54) is 57.3 Å². The predicted octanol–water partition coefficient (Wildman–Crippen LogP) is 2.09. The van der Waals surface area contributed by atoms with Gasteiger partial charge in [0.25, 0.3) is 0 Å². The lowest BCUT2D eigenvalue weighted by Crippen LogP contribution is -2.64. The molecule has 2 fully saturated rings. The van der Waals surface area contributed by atoms with E-state index in [9.17, 15) is 65.1 Å². The predicted molar refractivity (Wildman–Crippen MR) is 358 cm³/mol. The fourth-order valence-electron chi connectivity index (χ4n) is 13.1. The number of ether oxygens (including phenoxy) is 6. The van der Waals surface area contributed by atoms with Gasteiger partial charge in [-0.15, -0.1) is 0 Å².